The first-order valence-electron chi connectivity index (χ1n) is 10.3. The average Bonchev–Trinajstić information content (AvgIpc) is 3.20. The summed E-state index contributed by atoms with van der Waals surface area (Å²) in [5.74, 6) is -1.02. The second-order valence-electron chi connectivity index (χ2n) is 7.21. The van der Waals surface area contributed by atoms with Crippen LogP contribution in [-0.4, -0.2) is 17.6 Å². The topological polar surface area (TPSA) is 114 Å². The van der Waals surface area contributed by atoms with Crippen molar-refractivity contribution in [3.05, 3.63) is 53.8 Å². The zero-order valence-corrected chi connectivity index (χ0v) is 18.8. The summed E-state index contributed by atoms with van der Waals surface area (Å²) < 4.78 is 51.3. The van der Waals surface area contributed by atoms with E-state index in [4.69, 9.17) is 26.9 Å². The third-order valence-electron chi connectivity index (χ3n) is 4.66. The maximum Gasteiger partial charge on any atom is 0.420 e. The standard InChI is InChI=1S/C22H20F3N5O3S/c1-2-3-4-9-32-18-8-5-14(12-16(18)22(23,24)25)27-21(34)28-20(31)19-11-13-10-15(29-30-26)6-7-17(13)33-19/h5-8,10-12,26H,2-4,9H2,1H3,(H-,27,28,31,34)/p+1. The molecule has 3 N–H and O–H groups in total. The number of carbonyl (C=O) groups excluding carboxylic acids is 1. The summed E-state index contributed by atoms with van der Waals surface area (Å²) in [6.45, 7) is 2.17. The number of rotatable bonds is 8. The van der Waals surface area contributed by atoms with Gasteiger partial charge in [-0.05, 0) is 61.1 Å². The van der Waals surface area contributed by atoms with Crippen molar-refractivity contribution >= 4 is 45.6 Å². The number of alkyl halides is 3. The van der Waals surface area contributed by atoms with Crippen LogP contribution >= 0.6 is 12.2 Å². The van der Waals surface area contributed by atoms with Gasteiger partial charge in [0.25, 0.3) is 5.91 Å². The fourth-order valence-corrected chi connectivity index (χ4v) is 3.29. The number of ether oxygens (including phenoxy) is 1. The van der Waals surface area contributed by atoms with Gasteiger partial charge < -0.3 is 14.5 Å². The third kappa shape index (κ3) is 6.40. The Bertz CT molecular complexity index is 1250. The van der Waals surface area contributed by atoms with Crippen LogP contribution < -0.4 is 20.3 Å². The Morgan fingerprint density at radius 2 is 2.00 bits per heavy atom. The van der Waals surface area contributed by atoms with E-state index in [1.165, 1.54) is 18.2 Å². The van der Waals surface area contributed by atoms with E-state index < -0.39 is 17.6 Å². The molecule has 34 heavy (non-hydrogen) atoms. The van der Waals surface area contributed by atoms with Crippen molar-refractivity contribution in [2.45, 2.75) is 32.4 Å². The summed E-state index contributed by atoms with van der Waals surface area (Å²) in [5.41, 5.74) is 6.68. The van der Waals surface area contributed by atoms with E-state index in [0.29, 0.717) is 23.1 Å². The number of anilines is 1. The predicted molar refractivity (Wildman–Crippen MR) is 123 cm³/mol. The van der Waals surface area contributed by atoms with E-state index >= 15 is 0 Å². The number of carbonyl (C=O) groups is 1. The zero-order valence-electron chi connectivity index (χ0n) is 18.0. The maximum absolute atomic E-state index is 13.5. The van der Waals surface area contributed by atoms with Crippen molar-refractivity contribution < 1.29 is 27.1 Å². The third-order valence-corrected chi connectivity index (χ3v) is 4.87. The summed E-state index contributed by atoms with van der Waals surface area (Å²) in [6, 6.07) is 9.62. The largest absolute Gasteiger partial charge is 0.493 e. The summed E-state index contributed by atoms with van der Waals surface area (Å²) in [7, 11) is 0. The molecule has 0 saturated heterocycles. The molecule has 1 heterocycles. The van der Waals surface area contributed by atoms with E-state index in [1.54, 1.807) is 18.2 Å². The molecular formula is C22H21F3N5O3S+. The van der Waals surface area contributed by atoms with Gasteiger partial charge in [-0.3, -0.25) is 10.1 Å². The lowest BCUT2D eigenvalue weighted by Gasteiger charge is -2.16. The fraction of sp³-hybridized carbons (Fsp3) is 0.273. The minimum Gasteiger partial charge on any atom is -0.493 e. The van der Waals surface area contributed by atoms with Crippen LogP contribution in [0.4, 0.5) is 24.5 Å². The van der Waals surface area contributed by atoms with E-state index in [9.17, 15) is 18.0 Å². The Kier molecular flexibility index (Phi) is 7.98. The Balaban J connectivity index is 1.69. The molecule has 12 heteroatoms. The van der Waals surface area contributed by atoms with Crippen molar-refractivity contribution in [3.8, 4) is 5.75 Å². The van der Waals surface area contributed by atoms with Crippen LogP contribution in [0.3, 0.4) is 0 Å². The van der Waals surface area contributed by atoms with Crippen LogP contribution in [0.2, 0.25) is 0 Å². The summed E-state index contributed by atoms with van der Waals surface area (Å²) in [6.07, 6.45) is -2.19. The van der Waals surface area contributed by atoms with Gasteiger partial charge in [-0.1, -0.05) is 19.8 Å². The molecule has 1 amide bonds. The molecule has 8 nitrogen and oxygen atoms in total. The number of amides is 1. The van der Waals surface area contributed by atoms with Crippen LogP contribution in [0, 0.1) is 5.53 Å². The lowest BCUT2D eigenvalue weighted by molar-refractivity contribution is -0.138. The van der Waals surface area contributed by atoms with Gasteiger partial charge in [-0.15, -0.1) is 0 Å². The average molecular weight is 493 g/mol. The number of thiocarbonyl (C=S) groups is 1. The number of benzene rings is 2. The second-order valence-corrected chi connectivity index (χ2v) is 7.61. The SMILES string of the molecule is CCCCCOc1ccc(NC(=S)NC(=O)c2cc3cc(N=[N+]=N)ccc3o2)cc1C(F)(F)F. The number of unbranched alkanes of at least 4 members (excludes halogenated alkanes) is 2. The molecule has 0 aliphatic carbocycles. The van der Waals surface area contributed by atoms with E-state index in [1.807, 2.05) is 6.92 Å². The number of nitrogens with zero attached hydrogens (tertiary/aromatic N) is 2. The summed E-state index contributed by atoms with van der Waals surface area (Å²) in [5, 5.41) is 8.88. The van der Waals surface area contributed by atoms with Crippen molar-refractivity contribution in [1.29, 1.82) is 5.53 Å². The second kappa shape index (κ2) is 10.9. The molecular weight excluding hydrogens is 471 g/mol. The number of fused-ring (bicyclic) bond motifs is 1. The molecule has 0 saturated carbocycles. The summed E-state index contributed by atoms with van der Waals surface area (Å²) >= 11 is 5.07. The molecule has 0 unspecified atom stereocenters. The lowest BCUT2D eigenvalue weighted by atomic mass is 10.1. The van der Waals surface area contributed by atoms with Gasteiger partial charge in [0.15, 0.2) is 21.7 Å². The van der Waals surface area contributed by atoms with Crippen LogP contribution in [0.1, 0.15) is 42.3 Å². The van der Waals surface area contributed by atoms with E-state index in [-0.39, 0.29) is 28.9 Å². The monoisotopic (exact) mass is 492 g/mol. The minimum absolute atomic E-state index is 0.0357. The van der Waals surface area contributed by atoms with Crippen molar-refractivity contribution in [3.63, 3.8) is 0 Å². The first-order chi connectivity index (χ1) is 16.2. The molecule has 0 spiro atoms. The number of furan rings is 1. The Hall–Kier alpha value is -3.76. The molecule has 0 aliphatic rings. The molecule has 178 valence electrons. The fourth-order valence-electron chi connectivity index (χ4n) is 3.08. The Morgan fingerprint density at radius 3 is 2.71 bits per heavy atom. The van der Waals surface area contributed by atoms with Gasteiger partial charge in [-0.2, -0.15) is 13.2 Å². The number of hydrogen-bond acceptors (Lipinski definition) is 6. The molecule has 0 atom stereocenters. The molecule has 0 fully saturated rings. The molecule has 3 aromatic rings. The molecule has 1 aromatic heterocycles. The van der Waals surface area contributed by atoms with Crippen molar-refractivity contribution in [2.75, 3.05) is 11.9 Å². The lowest BCUT2D eigenvalue weighted by Crippen LogP contribution is -2.34. The molecule has 0 radical (unpaired) electrons. The number of halogens is 3. The maximum atomic E-state index is 13.5. The Morgan fingerprint density at radius 1 is 1.21 bits per heavy atom. The summed E-state index contributed by atoms with van der Waals surface area (Å²) in [4.78, 5) is 15.4. The van der Waals surface area contributed by atoms with Gasteiger partial charge in [0.1, 0.15) is 16.9 Å². The zero-order chi connectivity index (χ0) is 24.7. The highest BCUT2D eigenvalue weighted by atomic mass is 32.1. The van der Waals surface area contributed by atoms with Gasteiger partial charge >= 0.3 is 6.18 Å². The van der Waals surface area contributed by atoms with Gasteiger partial charge in [0.05, 0.1) is 12.2 Å². The van der Waals surface area contributed by atoms with Crippen molar-refractivity contribution in [1.82, 2.24) is 10.2 Å². The van der Waals surface area contributed by atoms with Crippen LogP contribution in [-0.2, 0) is 6.18 Å². The van der Waals surface area contributed by atoms with Crippen molar-refractivity contribution in [2.24, 2.45) is 5.11 Å². The number of nitrogens with one attached hydrogen (secondary N) is 3. The Labute approximate surface area is 197 Å². The highest BCUT2D eigenvalue weighted by molar-refractivity contribution is 7.80. The molecule has 3 rings (SSSR count). The van der Waals surface area contributed by atoms with Crippen LogP contribution in [0.25, 0.3) is 11.0 Å². The van der Waals surface area contributed by atoms with Gasteiger partial charge in [0.2, 0.25) is 4.91 Å². The van der Waals surface area contributed by atoms with Gasteiger partial charge in [-0.25, -0.2) is 0 Å². The highest BCUT2D eigenvalue weighted by Gasteiger charge is 2.35. The normalized spacial score (nSPS) is 11.1. The van der Waals surface area contributed by atoms with Gasteiger partial charge in [0, 0.05) is 11.1 Å². The molecule has 0 aliphatic heterocycles. The molecule has 0 bridgehead atoms. The van der Waals surface area contributed by atoms with E-state index in [0.717, 1.165) is 18.9 Å². The minimum atomic E-state index is -4.63. The number of hydrogen-bond donors (Lipinski definition) is 3. The first-order valence-corrected chi connectivity index (χ1v) is 10.7. The van der Waals surface area contributed by atoms with Crippen LogP contribution in [0.5, 0.6) is 5.75 Å². The first kappa shape index (κ1) is 24.9. The highest BCUT2D eigenvalue weighted by Crippen LogP contribution is 2.38. The predicted octanol–water partition coefficient (Wildman–Crippen LogP) is 6.33. The smallest absolute Gasteiger partial charge is 0.420 e. The van der Waals surface area contributed by atoms with E-state index in [2.05, 4.69) is 20.7 Å². The van der Waals surface area contributed by atoms with Crippen LogP contribution in [0.15, 0.2) is 52.0 Å². The quantitative estimate of drug-likeness (QED) is 0.147. The molecule has 2 aromatic carbocycles.